The Balaban J connectivity index is 2.35. The molecule has 13 heteroatoms. The Hall–Kier alpha value is -2.33. The summed E-state index contributed by atoms with van der Waals surface area (Å²) in [7, 11) is 0. The number of nitro benzene ring substituents is 2. The SMILES string of the molecule is O=C(N[C@H](Nc1ccccc1Cl)C(Cl)(Cl)Cl)c1cc([N+](=O)[O-])cc([N+](=O)[O-])c1. The van der Waals surface area contributed by atoms with Crippen LogP contribution >= 0.6 is 46.4 Å². The third-order valence-corrected chi connectivity index (χ3v) is 4.35. The van der Waals surface area contributed by atoms with Crippen LogP contribution in [0.25, 0.3) is 0 Å². The number of amides is 1. The summed E-state index contributed by atoms with van der Waals surface area (Å²) in [6.45, 7) is 0. The van der Waals surface area contributed by atoms with Crippen molar-refractivity contribution in [2.75, 3.05) is 5.32 Å². The molecule has 1 atom stereocenters. The fourth-order valence-corrected chi connectivity index (χ4v) is 2.60. The number of halogens is 4. The van der Waals surface area contributed by atoms with Gasteiger partial charge in [-0.25, -0.2) is 0 Å². The Bertz CT molecular complexity index is 903. The van der Waals surface area contributed by atoms with E-state index in [4.69, 9.17) is 46.4 Å². The van der Waals surface area contributed by atoms with Crippen molar-refractivity contribution in [1.29, 1.82) is 0 Å². The number of para-hydroxylation sites is 1. The average Bonchev–Trinajstić information content (AvgIpc) is 2.61. The molecular weight excluding hydrogens is 458 g/mol. The van der Waals surface area contributed by atoms with Crippen LogP contribution in [0, 0.1) is 20.2 Å². The van der Waals surface area contributed by atoms with Gasteiger partial charge >= 0.3 is 0 Å². The molecule has 2 aromatic rings. The summed E-state index contributed by atoms with van der Waals surface area (Å²) in [5.41, 5.74) is -1.29. The molecule has 0 spiro atoms. The summed E-state index contributed by atoms with van der Waals surface area (Å²) >= 11 is 23.7. The number of nitro groups is 2. The maximum absolute atomic E-state index is 12.5. The molecule has 0 saturated carbocycles. The Morgan fingerprint density at radius 3 is 2.00 bits per heavy atom. The van der Waals surface area contributed by atoms with Gasteiger partial charge in [0.25, 0.3) is 17.3 Å². The highest BCUT2D eigenvalue weighted by Crippen LogP contribution is 2.33. The van der Waals surface area contributed by atoms with Gasteiger partial charge in [-0.3, -0.25) is 25.0 Å². The number of hydrogen-bond donors (Lipinski definition) is 2. The first kappa shape index (κ1) is 22.0. The third kappa shape index (κ3) is 5.59. The number of benzene rings is 2. The first-order valence-corrected chi connectivity index (χ1v) is 8.82. The Labute approximate surface area is 177 Å². The molecule has 2 N–H and O–H groups in total. The molecule has 0 saturated heterocycles. The fraction of sp³-hybridized carbons (Fsp3) is 0.133. The van der Waals surface area contributed by atoms with Gasteiger partial charge < -0.3 is 10.6 Å². The van der Waals surface area contributed by atoms with Gasteiger partial charge in [0.2, 0.25) is 3.79 Å². The summed E-state index contributed by atoms with van der Waals surface area (Å²) in [6, 6.07) is 8.90. The molecule has 9 nitrogen and oxygen atoms in total. The van der Waals surface area contributed by atoms with E-state index in [9.17, 15) is 25.0 Å². The van der Waals surface area contributed by atoms with E-state index in [-0.39, 0.29) is 10.6 Å². The van der Waals surface area contributed by atoms with Crippen molar-refractivity contribution < 1.29 is 14.6 Å². The first-order chi connectivity index (χ1) is 13.0. The zero-order valence-corrected chi connectivity index (χ0v) is 16.6. The quantitative estimate of drug-likeness (QED) is 0.274. The molecule has 0 fully saturated rings. The normalized spacial score (nSPS) is 12.1. The van der Waals surface area contributed by atoms with Crippen LogP contribution in [0.15, 0.2) is 42.5 Å². The van der Waals surface area contributed by atoms with Crippen LogP contribution < -0.4 is 10.6 Å². The molecule has 0 aromatic heterocycles. The summed E-state index contributed by atoms with van der Waals surface area (Å²) in [6.07, 6.45) is -1.32. The number of nitrogens with one attached hydrogen (secondary N) is 2. The fourth-order valence-electron chi connectivity index (χ4n) is 2.09. The number of carbonyl (C=O) groups is 1. The molecule has 0 aliphatic heterocycles. The lowest BCUT2D eigenvalue weighted by Crippen LogP contribution is -2.49. The van der Waals surface area contributed by atoms with Gasteiger partial charge in [-0.05, 0) is 12.1 Å². The van der Waals surface area contributed by atoms with E-state index in [1.54, 1.807) is 24.3 Å². The van der Waals surface area contributed by atoms with Crippen LogP contribution in [0.1, 0.15) is 10.4 Å². The zero-order valence-electron chi connectivity index (χ0n) is 13.6. The highest BCUT2D eigenvalue weighted by molar-refractivity contribution is 6.68. The van der Waals surface area contributed by atoms with E-state index in [0.29, 0.717) is 5.69 Å². The molecule has 0 radical (unpaired) electrons. The number of hydrogen-bond acceptors (Lipinski definition) is 6. The monoisotopic (exact) mass is 466 g/mol. The molecule has 0 bridgehead atoms. The largest absolute Gasteiger partial charge is 0.361 e. The molecule has 2 aromatic carbocycles. The predicted molar refractivity (Wildman–Crippen MR) is 106 cm³/mol. The number of anilines is 1. The van der Waals surface area contributed by atoms with E-state index < -0.39 is 37.1 Å². The molecule has 1 amide bonds. The van der Waals surface area contributed by atoms with E-state index in [2.05, 4.69) is 10.6 Å². The van der Waals surface area contributed by atoms with Crippen LogP contribution in [0.5, 0.6) is 0 Å². The number of rotatable bonds is 6. The molecule has 28 heavy (non-hydrogen) atoms. The Kier molecular flexibility index (Phi) is 6.89. The number of carbonyl (C=O) groups excluding carboxylic acids is 1. The van der Waals surface area contributed by atoms with Crippen LogP contribution in [-0.4, -0.2) is 25.7 Å². The Morgan fingerprint density at radius 2 is 1.54 bits per heavy atom. The lowest BCUT2D eigenvalue weighted by Gasteiger charge is -2.27. The molecule has 0 aliphatic rings. The Morgan fingerprint density at radius 1 is 1.00 bits per heavy atom. The van der Waals surface area contributed by atoms with Crippen molar-refractivity contribution in [3.63, 3.8) is 0 Å². The van der Waals surface area contributed by atoms with Crippen LogP contribution in [0.2, 0.25) is 5.02 Å². The average molecular weight is 468 g/mol. The van der Waals surface area contributed by atoms with Gasteiger partial charge in [0.1, 0.15) is 6.17 Å². The van der Waals surface area contributed by atoms with Gasteiger partial charge in [-0.1, -0.05) is 58.5 Å². The van der Waals surface area contributed by atoms with Crippen molar-refractivity contribution in [3.05, 3.63) is 73.3 Å². The van der Waals surface area contributed by atoms with Crippen LogP contribution in [-0.2, 0) is 0 Å². The topological polar surface area (TPSA) is 127 Å². The lowest BCUT2D eigenvalue weighted by atomic mass is 10.1. The minimum atomic E-state index is -2.05. The zero-order chi connectivity index (χ0) is 21.1. The second-order valence-electron chi connectivity index (χ2n) is 5.32. The van der Waals surface area contributed by atoms with Gasteiger partial charge in [-0.2, -0.15) is 0 Å². The minimum Gasteiger partial charge on any atom is -0.361 e. The second-order valence-corrected chi connectivity index (χ2v) is 8.10. The smallest absolute Gasteiger partial charge is 0.277 e. The highest BCUT2D eigenvalue weighted by atomic mass is 35.6. The van der Waals surface area contributed by atoms with Crippen molar-refractivity contribution in [2.24, 2.45) is 0 Å². The molecule has 148 valence electrons. The van der Waals surface area contributed by atoms with Crippen molar-refractivity contribution in [2.45, 2.75) is 9.96 Å². The van der Waals surface area contributed by atoms with Crippen LogP contribution in [0.3, 0.4) is 0 Å². The van der Waals surface area contributed by atoms with Crippen molar-refractivity contribution in [3.8, 4) is 0 Å². The summed E-state index contributed by atoms with van der Waals surface area (Å²) < 4.78 is -2.05. The number of nitrogens with zero attached hydrogens (tertiary/aromatic N) is 2. The molecule has 2 rings (SSSR count). The van der Waals surface area contributed by atoms with Crippen molar-refractivity contribution in [1.82, 2.24) is 5.32 Å². The summed E-state index contributed by atoms with van der Waals surface area (Å²) in [5.74, 6) is -0.942. The first-order valence-electron chi connectivity index (χ1n) is 7.31. The third-order valence-electron chi connectivity index (χ3n) is 3.36. The molecule has 0 unspecified atom stereocenters. The van der Waals surface area contributed by atoms with Crippen molar-refractivity contribution >= 4 is 69.4 Å². The summed E-state index contributed by atoms with van der Waals surface area (Å²) in [4.78, 5) is 32.7. The molecule has 0 heterocycles. The van der Waals surface area contributed by atoms with Gasteiger partial charge in [-0.15, -0.1) is 0 Å². The lowest BCUT2D eigenvalue weighted by molar-refractivity contribution is -0.394. The molecular formula is C15H10Cl4N4O5. The second kappa shape index (κ2) is 8.78. The van der Waals surface area contributed by atoms with Gasteiger partial charge in [0, 0.05) is 12.1 Å². The van der Waals surface area contributed by atoms with Crippen LogP contribution in [0.4, 0.5) is 17.1 Å². The van der Waals surface area contributed by atoms with E-state index >= 15 is 0 Å². The maximum Gasteiger partial charge on any atom is 0.277 e. The highest BCUT2D eigenvalue weighted by Gasteiger charge is 2.35. The van der Waals surface area contributed by atoms with Gasteiger partial charge in [0.15, 0.2) is 0 Å². The van der Waals surface area contributed by atoms with E-state index in [0.717, 1.165) is 18.2 Å². The molecule has 0 aliphatic carbocycles. The maximum atomic E-state index is 12.5. The van der Waals surface area contributed by atoms with Gasteiger partial charge in [0.05, 0.1) is 32.2 Å². The number of non-ortho nitro benzene ring substituents is 2. The summed E-state index contributed by atoms with van der Waals surface area (Å²) in [5, 5.41) is 27.3. The predicted octanol–water partition coefficient (Wildman–Crippen LogP) is 4.69. The standard InChI is InChI=1S/C15H10Cl4N4O5/c16-11-3-1-2-4-12(11)20-14(15(17,18)19)21-13(24)8-5-9(22(25)26)7-10(6-8)23(27)28/h1-7,14,20H,(H,21,24)/t14-/m0/s1. The minimum absolute atomic E-state index is 0.280. The van der Waals surface area contributed by atoms with E-state index in [1.165, 1.54) is 0 Å². The van der Waals surface area contributed by atoms with E-state index in [1.807, 2.05) is 0 Å². The number of alkyl halides is 3.